The van der Waals surface area contributed by atoms with Gasteiger partial charge >= 0.3 is 0 Å². The van der Waals surface area contributed by atoms with Crippen LogP contribution in [0.5, 0.6) is 11.8 Å². The van der Waals surface area contributed by atoms with Crippen LogP contribution in [0.25, 0.3) is 0 Å². The van der Waals surface area contributed by atoms with Crippen LogP contribution < -0.4 is 9.47 Å². The number of ketones is 1. The van der Waals surface area contributed by atoms with Crippen LogP contribution >= 0.6 is 0 Å². The second-order valence-electron chi connectivity index (χ2n) is 6.91. The minimum atomic E-state index is -0.619. The Labute approximate surface area is 227 Å². The first-order valence-corrected chi connectivity index (χ1v) is 10.8. The summed E-state index contributed by atoms with van der Waals surface area (Å²) < 4.78 is 31.2. The topological polar surface area (TPSA) is 169 Å². The number of halogens is 1. The molecule has 0 unspecified atom stereocenters. The van der Waals surface area contributed by atoms with Gasteiger partial charge < -0.3 is 18.5 Å². The van der Waals surface area contributed by atoms with Gasteiger partial charge in [0.2, 0.25) is 23.3 Å². The number of rotatable bonds is 5. The lowest BCUT2D eigenvalue weighted by Gasteiger charge is -2.10. The number of methoxy groups -OCH3 is 2. The number of ether oxygens (including phenoxy) is 2. The van der Waals surface area contributed by atoms with Crippen molar-refractivity contribution in [2.24, 2.45) is 0 Å². The molecule has 0 aliphatic rings. The van der Waals surface area contributed by atoms with Gasteiger partial charge in [0.1, 0.15) is 12.5 Å². The van der Waals surface area contributed by atoms with E-state index in [1.807, 2.05) is 6.92 Å². The van der Waals surface area contributed by atoms with Gasteiger partial charge in [0, 0.05) is 30.9 Å². The zero-order valence-electron chi connectivity index (χ0n) is 21.9. The zero-order chi connectivity index (χ0) is 29.5. The highest BCUT2D eigenvalue weighted by Gasteiger charge is 2.13. The van der Waals surface area contributed by atoms with Crippen LogP contribution in [-0.2, 0) is 4.84 Å². The molecular formula is C25H22FN7O7. The molecule has 206 valence electrons. The van der Waals surface area contributed by atoms with Gasteiger partial charge in [-0.05, 0) is 24.7 Å². The first-order chi connectivity index (χ1) is 19.2. The molecule has 0 aliphatic heterocycles. The smallest absolute Gasteiger partial charge is 0.299 e. The van der Waals surface area contributed by atoms with Gasteiger partial charge in [-0.15, -0.1) is 6.42 Å². The number of hydrogen-bond donors (Lipinski definition) is 0. The maximum atomic E-state index is 12.6. The van der Waals surface area contributed by atoms with E-state index in [0.29, 0.717) is 5.88 Å². The Kier molecular flexibility index (Phi) is 11.9. The third kappa shape index (κ3) is 9.02. The number of carbonyl (C=O) groups is 2. The van der Waals surface area contributed by atoms with Gasteiger partial charge in [0.25, 0.3) is 17.6 Å². The van der Waals surface area contributed by atoms with E-state index in [-0.39, 0.29) is 34.8 Å². The molecule has 0 saturated heterocycles. The molecule has 14 nitrogen and oxygen atoms in total. The Morgan fingerprint density at radius 1 is 0.950 bits per heavy atom. The lowest BCUT2D eigenvalue weighted by atomic mass is 10.3. The summed E-state index contributed by atoms with van der Waals surface area (Å²) in [5.41, 5.74) is 1.18. The summed E-state index contributed by atoms with van der Waals surface area (Å²) in [5, 5.41) is 7.99. The molecule has 0 fully saturated rings. The number of aromatic nitrogens is 6. The summed E-state index contributed by atoms with van der Waals surface area (Å²) >= 11 is 0. The molecule has 0 radical (unpaired) electrons. The number of amides is 1. The number of Topliss-reactive ketones (excluding diaryl/α,β-unsaturated/α-hetero) is 1. The van der Waals surface area contributed by atoms with Crippen LogP contribution in [0.2, 0.25) is 0 Å². The van der Waals surface area contributed by atoms with E-state index < -0.39 is 11.6 Å². The second-order valence-corrected chi connectivity index (χ2v) is 6.91. The molecule has 0 N–H and O–H groups in total. The Balaban J connectivity index is 0.000000222. The van der Waals surface area contributed by atoms with Gasteiger partial charge in [0.05, 0.1) is 27.5 Å². The fourth-order valence-corrected chi connectivity index (χ4v) is 2.33. The maximum Gasteiger partial charge on any atom is 0.299 e. The van der Waals surface area contributed by atoms with Gasteiger partial charge in [-0.25, -0.2) is 15.0 Å². The average Bonchev–Trinajstić information content (AvgIpc) is 3.72. The number of hydrogen-bond acceptors (Lipinski definition) is 13. The van der Waals surface area contributed by atoms with Gasteiger partial charge in [-0.1, -0.05) is 10.3 Å². The number of terminal acetylenes is 1. The molecule has 0 spiro atoms. The van der Waals surface area contributed by atoms with Crippen molar-refractivity contribution in [3.8, 4) is 35.9 Å². The Hall–Kier alpha value is -5.67. The van der Waals surface area contributed by atoms with E-state index in [2.05, 4.69) is 66.6 Å². The van der Waals surface area contributed by atoms with Crippen molar-refractivity contribution in [3.63, 3.8) is 0 Å². The minimum Gasteiger partial charge on any atom is -0.481 e. The molecule has 4 aromatic rings. The fraction of sp³-hybridized carbons (Fsp3) is 0.200. The van der Waals surface area contributed by atoms with E-state index in [0.717, 1.165) is 16.8 Å². The van der Waals surface area contributed by atoms with Gasteiger partial charge in [0.15, 0.2) is 11.4 Å². The molecule has 0 atom stereocenters. The van der Waals surface area contributed by atoms with Crippen molar-refractivity contribution in [1.82, 2.24) is 35.3 Å². The summed E-state index contributed by atoms with van der Waals surface area (Å²) in [5.74, 6) is 6.32. The largest absolute Gasteiger partial charge is 0.481 e. The highest BCUT2D eigenvalue weighted by atomic mass is 19.1. The third-order valence-electron chi connectivity index (χ3n) is 4.33. The van der Waals surface area contributed by atoms with E-state index in [4.69, 9.17) is 11.2 Å². The number of hydroxylamine groups is 2. The summed E-state index contributed by atoms with van der Waals surface area (Å²) in [6.45, 7) is 1.82. The molecule has 0 bridgehead atoms. The molecule has 1 amide bonds. The molecule has 15 heteroatoms. The van der Waals surface area contributed by atoms with Gasteiger partial charge in [-0.3, -0.25) is 14.4 Å². The molecule has 0 aromatic carbocycles. The third-order valence-corrected chi connectivity index (χ3v) is 4.33. The monoisotopic (exact) mass is 551 g/mol. The fourth-order valence-electron chi connectivity index (χ4n) is 2.33. The van der Waals surface area contributed by atoms with E-state index >= 15 is 0 Å². The van der Waals surface area contributed by atoms with Crippen LogP contribution in [0.3, 0.4) is 0 Å². The molecule has 4 aromatic heterocycles. The van der Waals surface area contributed by atoms with Crippen LogP contribution in [-0.4, -0.2) is 75.4 Å². The maximum absolute atomic E-state index is 12.6. The molecule has 0 aliphatic carbocycles. The van der Waals surface area contributed by atoms with Crippen LogP contribution in [0, 0.1) is 36.9 Å². The zero-order valence-corrected chi connectivity index (χ0v) is 21.9. The number of nitrogens with zero attached hydrogens (tertiary/aromatic N) is 7. The minimum absolute atomic E-state index is 0.114. The van der Waals surface area contributed by atoms with Crippen molar-refractivity contribution in [2.75, 3.05) is 28.4 Å². The molecule has 0 saturated carbocycles. The normalized spacial score (nSPS) is 9.32. The number of aryl methyl sites for hydroxylation is 1. The van der Waals surface area contributed by atoms with Crippen molar-refractivity contribution in [2.45, 2.75) is 6.92 Å². The summed E-state index contributed by atoms with van der Waals surface area (Å²) in [7, 11) is 5.72. The molecular weight excluding hydrogens is 529 g/mol. The van der Waals surface area contributed by atoms with Crippen LogP contribution in [0.4, 0.5) is 4.39 Å². The van der Waals surface area contributed by atoms with Gasteiger partial charge in [-0.2, -0.15) is 14.4 Å². The first-order valence-electron chi connectivity index (χ1n) is 10.8. The van der Waals surface area contributed by atoms with E-state index in [1.54, 1.807) is 6.20 Å². The summed E-state index contributed by atoms with van der Waals surface area (Å²) in [6, 6.07) is 2.91. The molecule has 40 heavy (non-hydrogen) atoms. The van der Waals surface area contributed by atoms with E-state index in [9.17, 15) is 14.0 Å². The standard InChI is InChI=1S/C12H9N3O3.C7H5FN2O.C6H8N2O3/c1-8-7-13-11(14-12(8)17-2)4-3-10(16)9-5-6-18-15-9;1-3-6-9-4-5(8)7(10-6)11-2;1-8(10-2)6(9)5-3-4-11-7-5/h5-7H,1-2H3;1,4H,2H3;3-4H,1-2H3. The summed E-state index contributed by atoms with van der Waals surface area (Å²) in [4.78, 5) is 42.4. The second kappa shape index (κ2) is 15.6. The Morgan fingerprint density at radius 2 is 1.55 bits per heavy atom. The van der Waals surface area contributed by atoms with Crippen molar-refractivity contribution >= 4 is 11.7 Å². The van der Waals surface area contributed by atoms with Crippen molar-refractivity contribution in [1.29, 1.82) is 0 Å². The predicted molar refractivity (Wildman–Crippen MR) is 133 cm³/mol. The first kappa shape index (κ1) is 30.6. The number of carbonyl (C=O) groups excluding carboxylic acids is 2. The Morgan fingerprint density at radius 3 is 2.10 bits per heavy atom. The van der Waals surface area contributed by atoms with Crippen LogP contribution in [0.15, 0.2) is 46.1 Å². The van der Waals surface area contributed by atoms with Crippen LogP contribution in [0.1, 0.15) is 38.2 Å². The Bertz CT molecular complexity index is 1510. The molecule has 4 heterocycles. The molecule has 4 rings (SSSR count). The summed E-state index contributed by atoms with van der Waals surface area (Å²) in [6.07, 6.45) is 10.2. The lowest BCUT2D eigenvalue weighted by molar-refractivity contribution is -0.0762. The quantitative estimate of drug-likeness (QED) is 0.200. The van der Waals surface area contributed by atoms with E-state index in [1.165, 1.54) is 53.0 Å². The predicted octanol–water partition coefficient (Wildman–Crippen LogP) is 1.93. The SMILES string of the molecule is C#Cc1ncc(F)c(OC)n1.CON(C)C(=O)c1ccon1.COc1nc(C#CC(=O)c2ccon2)ncc1C. The lowest BCUT2D eigenvalue weighted by Crippen LogP contribution is -2.25. The highest BCUT2D eigenvalue weighted by molar-refractivity contribution is 6.07. The highest BCUT2D eigenvalue weighted by Crippen LogP contribution is 2.11. The van der Waals surface area contributed by atoms with Crippen molar-refractivity contribution < 1.29 is 37.3 Å². The van der Waals surface area contributed by atoms with Crippen molar-refractivity contribution in [3.05, 3.63) is 71.5 Å². The average molecular weight is 551 g/mol.